The minimum Gasteiger partial charge on any atom is -0.456 e. The largest absolute Gasteiger partial charge is 0.456 e. The number of hydrogen-bond acceptors (Lipinski definition) is 13. The van der Waals surface area contributed by atoms with Crippen LogP contribution < -0.4 is 5.32 Å². The molecule has 2 bridgehead atoms. The van der Waals surface area contributed by atoms with Gasteiger partial charge in [-0.3, -0.25) is 4.79 Å². The fourth-order valence-electron chi connectivity index (χ4n) is 11.0. The van der Waals surface area contributed by atoms with E-state index in [-0.39, 0.29) is 12.2 Å². The zero-order chi connectivity index (χ0) is 48.7. The second-order valence-electron chi connectivity index (χ2n) is 21.5. The number of nitrogens with one attached hydrogen (secondary N) is 1. The first kappa shape index (κ1) is 50.7. The highest BCUT2D eigenvalue weighted by Gasteiger charge is 2.77. The maximum Gasteiger partial charge on any atom is 0.407 e. The summed E-state index contributed by atoms with van der Waals surface area (Å²) in [7, 11) is -3.18. The van der Waals surface area contributed by atoms with Crippen LogP contribution in [-0.2, 0) is 47.2 Å². The van der Waals surface area contributed by atoms with E-state index in [0.29, 0.717) is 30.9 Å². The molecule has 0 aromatic heterocycles. The summed E-state index contributed by atoms with van der Waals surface area (Å²) in [5, 5.41) is 15.6. The minimum atomic E-state index is -3.78. The first-order valence-corrected chi connectivity index (χ1v) is 25.4. The first-order valence-electron chi connectivity index (χ1n) is 22.5. The summed E-state index contributed by atoms with van der Waals surface area (Å²) in [5.41, 5.74) is -7.52. The Labute approximate surface area is 382 Å². The van der Waals surface area contributed by atoms with Gasteiger partial charge < -0.3 is 48.0 Å². The van der Waals surface area contributed by atoms with E-state index >= 15 is 13.6 Å². The number of esters is 3. The monoisotopic (exact) mass is 933 g/mol. The molecule has 0 radical (unpaired) electrons. The molecule has 65 heavy (non-hydrogen) atoms. The molecule has 2 aliphatic heterocycles. The van der Waals surface area contributed by atoms with Crippen molar-refractivity contribution < 1.29 is 70.6 Å². The predicted molar refractivity (Wildman–Crippen MR) is 236 cm³/mol. The molecule has 5 aliphatic rings. The van der Waals surface area contributed by atoms with E-state index < -0.39 is 132 Å². The van der Waals surface area contributed by atoms with Gasteiger partial charge in [0.1, 0.15) is 36.1 Å². The van der Waals surface area contributed by atoms with Gasteiger partial charge in [0.15, 0.2) is 25.8 Å². The van der Waals surface area contributed by atoms with Crippen LogP contribution in [0, 0.1) is 16.7 Å². The van der Waals surface area contributed by atoms with Crippen molar-refractivity contribution in [1.29, 1.82) is 0 Å². The molecule has 12 atom stereocenters. The summed E-state index contributed by atoms with van der Waals surface area (Å²) in [5.74, 6) is -7.46. The van der Waals surface area contributed by atoms with Gasteiger partial charge in [0, 0.05) is 31.1 Å². The molecule has 362 valence electrons. The van der Waals surface area contributed by atoms with E-state index in [1.54, 1.807) is 78.0 Å². The van der Waals surface area contributed by atoms with Gasteiger partial charge in [-0.15, -0.1) is 0 Å². The molecule has 2 heterocycles. The van der Waals surface area contributed by atoms with Crippen LogP contribution in [0.1, 0.15) is 113 Å². The number of halogens is 2. The molecule has 2 saturated carbocycles. The third kappa shape index (κ3) is 8.59. The maximum absolute atomic E-state index is 16.1. The van der Waals surface area contributed by atoms with E-state index in [9.17, 15) is 19.5 Å². The van der Waals surface area contributed by atoms with Crippen LogP contribution in [0.5, 0.6) is 0 Å². The quantitative estimate of drug-likeness (QED) is 0.0895. The van der Waals surface area contributed by atoms with Crippen molar-refractivity contribution >= 4 is 32.3 Å². The van der Waals surface area contributed by atoms with Crippen LogP contribution in [0.4, 0.5) is 13.6 Å². The molecule has 0 unspecified atom stereocenters. The maximum atomic E-state index is 16.1. The number of ether oxygens (including phenoxy) is 7. The zero-order valence-electron chi connectivity index (χ0n) is 40.3. The second-order valence-corrected chi connectivity index (χ2v) is 26.2. The van der Waals surface area contributed by atoms with Gasteiger partial charge in [-0.05, 0) is 88.0 Å². The molecule has 4 fully saturated rings. The number of amides is 1. The average molecular weight is 934 g/mol. The van der Waals surface area contributed by atoms with Crippen molar-refractivity contribution in [2.75, 3.05) is 6.61 Å². The second kappa shape index (κ2) is 17.1. The molecular formula is C48H69F2NO13Si. The van der Waals surface area contributed by atoms with Gasteiger partial charge >= 0.3 is 24.0 Å². The Balaban J connectivity index is 1.59. The fourth-order valence-corrected chi connectivity index (χ4v) is 12.6. The Kier molecular flexibility index (Phi) is 13.3. The highest BCUT2D eigenvalue weighted by atomic mass is 28.4. The van der Waals surface area contributed by atoms with E-state index in [0.717, 1.165) is 0 Å². The van der Waals surface area contributed by atoms with Crippen molar-refractivity contribution in [2.45, 2.75) is 192 Å². The summed E-state index contributed by atoms with van der Waals surface area (Å²) in [6, 6.07) is 5.93. The number of carbonyl (C=O) groups is 4. The highest BCUT2D eigenvalue weighted by Crippen LogP contribution is 2.67. The van der Waals surface area contributed by atoms with Crippen LogP contribution in [0.25, 0.3) is 0 Å². The van der Waals surface area contributed by atoms with Gasteiger partial charge in [-0.2, -0.15) is 0 Å². The van der Waals surface area contributed by atoms with Crippen molar-refractivity contribution in [3.05, 3.63) is 59.7 Å². The van der Waals surface area contributed by atoms with Crippen molar-refractivity contribution in [3.63, 3.8) is 0 Å². The topological polar surface area (TPSA) is 174 Å². The fraction of sp³-hybridized carbons (Fsp3) is 0.708. The molecule has 3 aliphatic carbocycles. The molecular weight excluding hydrogens is 865 g/mol. The number of carbonyl (C=O) groups excluding carboxylic acids is 4. The van der Waals surface area contributed by atoms with Gasteiger partial charge in [0.25, 0.3) is 5.92 Å². The Bertz CT molecular complexity index is 2070. The SMILES string of the molecule is C=C[C@@H]1O[C@@H]2C3=C(C)[C@@H](OC(=O)[C@](C)(O[Si](C)(C)C(C)(C)C)[C@@H](NC(=O)OC(C)C)C(C)(F)F)C[C@@](O)([C@@H](OC(=O)c4ccccc4)[C@H]4[C@@](C)(CC[C@H]5OC[C@]54OC(C)=O)[C@@H]2O1)C3(C)C. The molecule has 2 N–H and O–H groups in total. The van der Waals surface area contributed by atoms with E-state index in [2.05, 4.69) is 11.9 Å². The number of alkyl carbamates (subject to hydrolysis) is 1. The van der Waals surface area contributed by atoms with Gasteiger partial charge in [0.05, 0.1) is 30.3 Å². The lowest BCUT2D eigenvalue weighted by Crippen LogP contribution is -2.79. The van der Waals surface area contributed by atoms with Crippen molar-refractivity contribution in [3.8, 4) is 0 Å². The summed E-state index contributed by atoms with van der Waals surface area (Å²) in [6.07, 6.45) is -6.29. The highest BCUT2D eigenvalue weighted by molar-refractivity contribution is 6.74. The molecule has 0 spiro atoms. The number of aliphatic hydroxyl groups is 1. The molecule has 14 nitrogen and oxygen atoms in total. The lowest BCUT2D eigenvalue weighted by atomic mass is 9.45. The molecule has 6 rings (SSSR count). The minimum absolute atomic E-state index is 0.0846. The van der Waals surface area contributed by atoms with Crippen LogP contribution in [-0.4, -0.2) is 116 Å². The van der Waals surface area contributed by atoms with E-state index in [4.69, 9.17) is 37.6 Å². The Morgan fingerprint density at radius 3 is 2.17 bits per heavy atom. The smallest absolute Gasteiger partial charge is 0.407 e. The molecule has 1 aromatic carbocycles. The summed E-state index contributed by atoms with van der Waals surface area (Å²) in [4.78, 5) is 56.1. The van der Waals surface area contributed by atoms with Crippen LogP contribution in [0.3, 0.4) is 0 Å². The molecule has 1 amide bonds. The summed E-state index contributed by atoms with van der Waals surface area (Å²) >= 11 is 0. The van der Waals surface area contributed by atoms with Crippen LogP contribution >= 0.6 is 0 Å². The van der Waals surface area contributed by atoms with Gasteiger partial charge in [0.2, 0.25) is 0 Å². The summed E-state index contributed by atoms with van der Waals surface area (Å²) < 4.78 is 83.1. The lowest BCUT2D eigenvalue weighted by molar-refractivity contribution is -0.345. The van der Waals surface area contributed by atoms with Crippen LogP contribution in [0.2, 0.25) is 18.1 Å². The molecule has 2 saturated heterocycles. The normalized spacial score (nSPS) is 34.5. The van der Waals surface area contributed by atoms with Gasteiger partial charge in [-0.1, -0.05) is 66.3 Å². The van der Waals surface area contributed by atoms with Crippen molar-refractivity contribution in [2.24, 2.45) is 16.7 Å². The third-order valence-electron chi connectivity index (χ3n) is 15.3. The standard InChI is InChI=1S/C48H69F2NO13Si/c1-16-32-60-34-33-27(4)30(59-40(54)45(12,64-65(14,15)42(6,7)8)39(46(13,49)50)51-41(55)58-26(2)3)24-48(56,43(33,9)10)37(62-38(53)29-20-18-17-19-21-29)35-44(11,36(34)61-32)23-22-31-47(35,25-57-31)63-28(5)52/h16-21,26,30-32,34-37,39,56H,1,22-25H2,2-15H3,(H,51,55)/t30-,31+,32+,34+,35-,36+,37-,39+,44+,45+,47-,48+/m0/s1. The molecule has 1 aromatic rings. The first-order chi connectivity index (χ1) is 29.8. The molecule has 17 heteroatoms. The number of benzene rings is 1. The lowest BCUT2D eigenvalue weighted by Gasteiger charge is -2.68. The number of rotatable bonds is 12. The van der Waals surface area contributed by atoms with E-state index in [1.807, 2.05) is 27.7 Å². The number of hydrogen-bond donors (Lipinski definition) is 2. The Morgan fingerprint density at radius 1 is 1.02 bits per heavy atom. The average Bonchev–Trinajstić information content (AvgIpc) is 3.60. The Hall–Kier alpha value is -3.74. The third-order valence-corrected chi connectivity index (χ3v) is 19.8. The zero-order valence-corrected chi connectivity index (χ0v) is 41.3. The number of fused-ring (bicyclic) bond motifs is 8. The van der Waals surface area contributed by atoms with Gasteiger partial charge in [-0.25, -0.2) is 23.2 Å². The number of alkyl halides is 2. The predicted octanol–water partition coefficient (Wildman–Crippen LogP) is 7.97. The van der Waals surface area contributed by atoms with Crippen LogP contribution in [0.15, 0.2) is 54.1 Å². The van der Waals surface area contributed by atoms with Crippen molar-refractivity contribution in [1.82, 2.24) is 5.32 Å². The van der Waals surface area contributed by atoms with E-state index in [1.165, 1.54) is 19.9 Å². The Morgan fingerprint density at radius 2 is 1.65 bits per heavy atom. The summed E-state index contributed by atoms with van der Waals surface area (Å²) in [6.45, 7) is 26.4.